The molecule has 0 aliphatic carbocycles. The molecule has 0 radical (unpaired) electrons. The molecule has 0 fully saturated rings. The number of hydrogen-bond acceptors (Lipinski definition) is 3. The van der Waals surface area contributed by atoms with E-state index in [0.29, 0.717) is 25.4 Å². The van der Waals surface area contributed by atoms with Gasteiger partial charge in [-0.15, -0.1) is 0 Å². The molecule has 1 amide bonds. The molecule has 0 aliphatic heterocycles. The van der Waals surface area contributed by atoms with Crippen LogP contribution in [0.5, 0.6) is 11.5 Å². The van der Waals surface area contributed by atoms with Crippen molar-refractivity contribution in [2.24, 2.45) is 0 Å². The third kappa shape index (κ3) is 4.91. The van der Waals surface area contributed by atoms with Crippen molar-refractivity contribution in [1.82, 2.24) is 9.47 Å². The highest BCUT2D eigenvalue weighted by atomic mass is 16.5. The Bertz CT molecular complexity index is 857. The van der Waals surface area contributed by atoms with Gasteiger partial charge in [-0.1, -0.05) is 30.3 Å². The molecule has 0 saturated carbocycles. The summed E-state index contributed by atoms with van der Waals surface area (Å²) in [6.07, 6.45) is 1.93. The van der Waals surface area contributed by atoms with Crippen LogP contribution in [0, 0.1) is 0 Å². The Morgan fingerprint density at radius 2 is 1.67 bits per heavy atom. The van der Waals surface area contributed by atoms with Crippen molar-refractivity contribution in [1.29, 1.82) is 0 Å². The number of aromatic nitrogens is 1. The van der Waals surface area contributed by atoms with Crippen LogP contribution in [0.15, 0.2) is 72.9 Å². The summed E-state index contributed by atoms with van der Waals surface area (Å²) in [5.74, 6) is 1.52. The fraction of sp³-hybridized carbons (Fsp3) is 0.227. The standard InChI is InChI=1S/C22H24N2O3/c1-23(15-16-27-20-12-10-19(26-2)11-13-20)22(25)21-9-6-14-24(21)17-18-7-4-3-5-8-18/h3-14H,15-17H2,1-2H3. The average molecular weight is 364 g/mol. The van der Waals surface area contributed by atoms with E-state index in [0.717, 1.165) is 17.1 Å². The first kappa shape index (κ1) is 18.6. The lowest BCUT2D eigenvalue weighted by molar-refractivity contribution is 0.0763. The van der Waals surface area contributed by atoms with Crippen LogP contribution in [0.4, 0.5) is 0 Å². The Morgan fingerprint density at radius 1 is 0.963 bits per heavy atom. The van der Waals surface area contributed by atoms with Gasteiger partial charge in [-0.3, -0.25) is 4.79 Å². The number of benzene rings is 2. The van der Waals surface area contributed by atoms with Gasteiger partial charge in [0.05, 0.1) is 13.7 Å². The third-order valence-corrected chi connectivity index (χ3v) is 4.35. The maximum Gasteiger partial charge on any atom is 0.270 e. The maximum absolute atomic E-state index is 12.8. The maximum atomic E-state index is 12.8. The van der Waals surface area contributed by atoms with Crippen molar-refractivity contribution < 1.29 is 14.3 Å². The molecule has 1 heterocycles. The average Bonchev–Trinajstić information content (AvgIpc) is 3.16. The van der Waals surface area contributed by atoms with Crippen LogP contribution in [-0.2, 0) is 6.54 Å². The van der Waals surface area contributed by atoms with Crippen LogP contribution in [-0.4, -0.2) is 42.7 Å². The lowest BCUT2D eigenvalue weighted by Gasteiger charge is -2.19. The van der Waals surface area contributed by atoms with Crippen LogP contribution in [0.25, 0.3) is 0 Å². The van der Waals surface area contributed by atoms with E-state index < -0.39 is 0 Å². The molecule has 0 unspecified atom stereocenters. The van der Waals surface area contributed by atoms with Crippen LogP contribution < -0.4 is 9.47 Å². The zero-order valence-corrected chi connectivity index (χ0v) is 15.7. The number of likely N-dealkylation sites (N-methyl/N-ethyl adjacent to an activating group) is 1. The predicted molar refractivity (Wildman–Crippen MR) is 105 cm³/mol. The summed E-state index contributed by atoms with van der Waals surface area (Å²) in [5, 5.41) is 0. The van der Waals surface area contributed by atoms with E-state index in [-0.39, 0.29) is 5.91 Å². The molecular weight excluding hydrogens is 340 g/mol. The summed E-state index contributed by atoms with van der Waals surface area (Å²) in [4.78, 5) is 14.5. The first-order valence-electron chi connectivity index (χ1n) is 8.89. The Balaban J connectivity index is 1.55. The summed E-state index contributed by atoms with van der Waals surface area (Å²) in [6.45, 7) is 1.60. The molecular formula is C22H24N2O3. The number of carbonyl (C=O) groups excluding carboxylic acids is 1. The van der Waals surface area contributed by atoms with E-state index in [1.807, 2.05) is 65.4 Å². The van der Waals surface area contributed by atoms with E-state index >= 15 is 0 Å². The molecule has 0 N–H and O–H groups in total. The van der Waals surface area contributed by atoms with Crippen LogP contribution in [0.3, 0.4) is 0 Å². The molecule has 5 heteroatoms. The number of carbonyl (C=O) groups is 1. The first-order chi connectivity index (χ1) is 13.2. The van der Waals surface area contributed by atoms with Gasteiger partial charge in [0.25, 0.3) is 5.91 Å². The van der Waals surface area contributed by atoms with Gasteiger partial charge in [-0.2, -0.15) is 0 Å². The number of hydrogen-bond donors (Lipinski definition) is 0. The molecule has 3 aromatic rings. The van der Waals surface area contributed by atoms with E-state index in [9.17, 15) is 4.79 Å². The minimum absolute atomic E-state index is 0.0192. The van der Waals surface area contributed by atoms with Gasteiger partial charge in [0.1, 0.15) is 23.8 Å². The molecule has 0 spiro atoms. The predicted octanol–water partition coefficient (Wildman–Crippen LogP) is 3.70. The highest BCUT2D eigenvalue weighted by Gasteiger charge is 2.15. The van der Waals surface area contributed by atoms with Crippen molar-refractivity contribution in [3.05, 3.63) is 84.2 Å². The van der Waals surface area contributed by atoms with E-state index in [2.05, 4.69) is 12.1 Å². The van der Waals surface area contributed by atoms with Crippen molar-refractivity contribution in [3.63, 3.8) is 0 Å². The lowest BCUT2D eigenvalue weighted by Crippen LogP contribution is -2.32. The van der Waals surface area contributed by atoms with Gasteiger partial charge in [-0.05, 0) is 42.0 Å². The largest absolute Gasteiger partial charge is 0.497 e. The van der Waals surface area contributed by atoms with Crippen molar-refractivity contribution in [2.45, 2.75) is 6.54 Å². The van der Waals surface area contributed by atoms with E-state index in [4.69, 9.17) is 9.47 Å². The second kappa shape index (κ2) is 8.94. The summed E-state index contributed by atoms with van der Waals surface area (Å²) in [5.41, 5.74) is 1.83. The molecule has 140 valence electrons. The topological polar surface area (TPSA) is 43.7 Å². The number of amides is 1. The smallest absolute Gasteiger partial charge is 0.270 e. The third-order valence-electron chi connectivity index (χ3n) is 4.35. The summed E-state index contributed by atoms with van der Waals surface area (Å²) >= 11 is 0. The second-order valence-corrected chi connectivity index (χ2v) is 6.26. The van der Waals surface area contributed by atoms with Crippen molar-refractivity contribution >= 4 is 5.91 Å². The Morgan fingerprint density at radius 3 is 2.37 bits per heavy atom. The van der Waals surface area contributed by atoms with Crippen LogP contribution >= 0.6 is 0 Å². The molecule has 5 nitrogen and oxygen atoms in total. The van der Waals surface area contributed by atoms with Crippen LogP contribution in [0.2, 0.25) is 0 Å². The first-order valence-corrected chi connectivity index (χ1v) is 8.89. The van der Waals surface area contributed by atoms with Gasteiger partial charge in [0.2, 0.25) is 0 Å². The number of nitrogens with zero attached hydrogens (tertiary/aromatic N) is 2. The van der Waals surface area contributed by atoms with Gasteiger partial charge in [-0.25, -0.2) is 0 Å². The second-order valence-electron chi connectivity index (χ2n) is 6.26. The molecule has 0 saturated heterocycles. The highest BCUT2D eigenvalue weighted by Crippen LogP contribution is 2.17. The molecule has 0 aliphatic rings. The molecule has 0 atom stereocenters. The molecule has 27 heavy (non-hydrogen) atoms. The monoisotopic (exact) mass is 364 g/mol. The molecule has 0 bridgehead atoms. The summed E-state index contributed by atoms with van der Waals surface area (Å²) < 4.78 is 12.8. The van der Waals surface area contributed by atoms with Gasteiger partial charge >= 0.3 is 0 Å². The zero-order chi connectivity index (χ0) is 19.1. The van der Waals surface area contributed by atoms with E-state index in [1.54, 1.807) is 19.1 Å². The van der Waals surface area contributed by atoms with Gasteiger partial charge < -0.3 is 18.9 Å². The molecule has 1 aromatic heterocycles. The Hall–Kier alpha value is -3.21. The quantitative estimate of drug-likeness (QED) is 0.612. The minimum atomic E-state index is -0.0192. The number of methoxy groups -OCH3 is 1. The van der Waals surface area contributed by atoms with Gasteiger partial charge in [0.15, 0.2) is 0 Å². The summed E-state index contributed by atoms with van der Waals surface area (Å²) in [7, 11) is 3.42. The normalized spacial score (nSPS) is 10.4. The van der Waals surface area contributed by atoms with Crippen LogP contribution in [0.1, 0.15) is 16.1 Å². The van der Waals surface area contributed by atoms with Crippen molar-refractivity contribution in [3.8, 4) is 11.5 Å². The SMILES string of the molecule is COc1ccc(OCCN(C)C(=O)c2cccn2Cc2ccccc2)cc1. The Labute approximate surface area is 159 Å². The minimum Gasteiger partial charge on any atom is -0.497 e. The molecule has 2 aromatic carbocycles. The number of rotatable bonds is 8. The Kier molecular flexibility index (Phi) is 6.15. The zero-order valence-electron chi connectivity index (χ0n) is 15.7. The highest BCUT2D eigenvalue weighted by molar-refractivity contribution is 5.92. The summed E-state index contributed by atoms with van der Waals surface area (Å²) in [6, 6.07) is 21.3. The lowest BCUT2D eigenvalue weighted by atomic mass is 10.2. The molecule has 3 rings (SSSR count). The van der Waals surface area contributed by atoms with E-state index in [1.165, 1.54) is 0 Å². The number of ether oxygens (including phenoxy) is 2. The fourth-order valence-corrected chi connectivity index (χ4v) is 2.80. The van der Waals surface area contributed by atoms with Crippen molar-refractivity contribution in [2.75, 3.05) is 27.3 Å². The van der Waals surface area contributed by atoms with Gasteiger partial charge in [0, 0.05) is 19.8 Å². The fourth-order valence-electron chi connectivity index (χ4n) is 2.80.